The minimum Gasteiger partial charge on any atom is -0.289 e. The van der Waals surface area contributed by atoms with Crippen LogP contribution in [0.2, 0.25) is 10.0 Å². The summed E-state index contributed by atoms with van der Waals surface area (Å²) in [7, 11) is 0. The topological polar surface area (TPSA) is 17.1 Å². The largest absolute Gasteiger partial charge is 0.289 e. The van der Waals surface area contributed by atoms with Gasteiger partial charge in [-0.1, -0.05) is 53.5 Å². The molecular formula is C17H12Cl2O. The maximum absolute atomic E-state index is 12.5. The van der Waals surface area contributed by atoms with E-state index in [0.717, 1.165) is 35.1 Å². The van der Waals surface area contributed by atoms with Gasteiger partial charge in [0.1, 0.15) is 0 Å². The van der Waals surface area contributed by atoms with E-state index in [1.165, 1.54) is 0 Å². The first kappa shape index (κ1) is 13.4. The number of carbonyl (C=O) groups is 1. The Bertz CT molecular complexity index is 696. The molecule has 3 heteroatoms. The molecule has 0 saturated heterocycles. The number of carbonyl (C=O) groups excluding carboxylic acids is 1. The van der Waals surface area contributed by atoms with Crippen molar-refractivity contribution in [2.45, 2.75) is 12.8 Å². The van der Waals surface area contributed by atoms with Gasteiger partial charge in [-0.2, -0.15) is 0 Å². The van der Waals surface area contributed by atoms with Gasteiger partial charge in [0.15, 0.2) is 5.78 Å². The van der Waals surface area contributed by atoms with Crippen LogP contribution >= 0.6 is 23.2 Å². The fourth-order valence-electron chi connectivity index (χ4n) is 2.48. The van der Waals surface area contributed by atoms with E-state index in [1.807, 2.05) is 30.3 Å². The molecule has 0 saturated carbocycles. The van der Waals surface area contributed by atoms with Gasteiger partial charge in [0.05, 0.1) is 0 Å². The van der Waals surface area contributed by atoms with Crippen LogP contribution in [0.3, 0.4) is 0 Å². The van der Waals surface area contributed by atoms with Gasteiger partial charge in [-0.25, -0.2) is 0 Å². The number of aryl methyl sites for hydroxylation is 1. The first-order valence-electron chi connectivity index (χ1n) is 6.44. The summed E-state index contributed by atoms with van der Waals surface area (Å²) in [5.41, 5.74) is 3.38. The number of hydrogen-bond donors (Lipinski definition) is 0. The molecule has 0 heterocycles. The molecule has 2 aromatic rings. The van der Waals surface area contributed by atoms with Gasteiger partial charge >= 0.3 is 0 Å². The van der Waals surface area contributed by atoms with Crippen molar-refractivity contribution in [3.05, 3.63) is 74.8 Å². The van der Waals surface area contributed by atoms with Gasteiger partial charge in [-0.15, -0.1) is 0 Å². The normalized spacial score (nSPS) is 16.3. The maximum Gasteiger partial charge on any atom is 0.189 e. The van der Waals surface area contributed by atoms with Crippen molar-refractivity contribution in [1.29, 1.82) is 0 Å². The number of rotatable bonds is 1. The summed E-state index contributed by atoms with van der Waals surface area (Å²) in [5, 5.41) is 1.13. The molecule has 0 atom stereocenters. The fraction of sp³-hybridized carbons (Fsp3) is 0.118. The van der Waals surface area contributed by atoms with Crippen LogP contribution in [0, 0.1) is 0 Å². The number of hydrogen-bond acceptors (Lipinski definition) is 1. The van der Waals surface area contributed by atoms with Crippen molar-refractivity contribution in [2.24, 2.45) is 0 Å². The molecule has 2 aromatic carbocycles. The van der Waals surface area contributed by atoms with Crippen LogP contribution in [0.15, 0.2) is 48.0 Å². The van der Waals surface area contributed by atoms with Gasteiger partial charge in [0.25, 0.3) is 0 Å². The Labute approximate surface area is 127 Å². The Morgan fingerprint density at radius 3 is 2.35 bits per heavy atom. The molecule has 0 fully saturated rings. The molecule has 1 nitrogen and oxygen atoms in total. The van der Waals surface area contributed by atoms with E-state index in [0.29, 0.717) is 10.0 Å². The molecule has 100 valence electrons. The third-order valence-corrected chi connectivity index (χ3v) is 4.19. The van der Waals surface area contributed by atoms with Crippen molar-refractivity contribution in [2.75, 3.05) is 0 Å². The van der Waals surface area contributed by atoms with E-state index in [4.69, 9.17) is 23.2 Å². The number of allylic oxidation sites excluding steroid dienone is 1. The van der Waals surface area contributed by atoms with Crippen molar-refractivity contribution < 1.29 is 4.79 Å². The highest BCUT2D eigenvalue weighted by molar-refractivity contribution is 6.37. The van der Waals surface area contributed by atoms with Crippen molar-refractivity contribution in [3.63, 3.8) is 0 Å². The zero-order valence-corrected chi connectivity index (χ0v) is 12.2. The van der Waals surface area contributed by atoms with Gasteiger partial charge in [0.2, 0.25) is 0 Å². The summed E-state index contributed by atoms with van der Waals surface area (Å²) in [5.74, 6) is 0.0721. The highest BCUT2D eigenvalue weighted by Crippen LogP contribution is 2.31. The monoisotopic (exact) mass is 302 g/mol. The Balaban J connectivity index is 2.05. The van der Waals surface area contributed by atoms with Gasteiger partial charge in [-0.05, 0) is 36.6 Å². The summed E-state index contributed by atoms with van der Waals surface area (Å²) in [6.07, 6.45) is 3.41. The number of ketones is 1. The Kier molecular flexibility index (Phi) is 3.64. The second-order valence-corrected chi connectivity index (χ2v) is 5.61. The molecule has 0 bridgehead atoms. The van der Waals surface area contributed by atoms with Crippen LogP contribution in [0.25, 0.3) is 6.08 Å². The summed E-state index contributed by atoms with van der Waals surface area (Å²) < 4.78 is 0. The highest BCUT2D eigenvalue weighted by Gasteiger charge is 2.21. The van der Waals surface area contributed by atoms with Gasteiger partial charge < -0.3 is 0 Å². The number of Topliss-reactive ketones (excluding diaryl/α,β-unsaturated/α-hetero) is 1. The highest BCUT2D eigenvalue weighted by atomic mass is 35.5. The third kappa shape index (κ3) is 2.39. The van der Waals surface area contributed by atoms with Crippen LogP contribution < -0.4 is 0 Å². The lowest BCUT2D eigenvalue weighted by Gasteiger charge is -2.17. The minimum atomic E-state index is 0.0721. The Morgan fingerprint density at radius 2 is 1.60 bits per heavy atom. The second-order valence-electron chi connectivity index (χ2n) is 4.79. The van der Waals surface area contributed by atoms with E-state index in [2.05, 4.69) is 0 Å². The molecule has 0 unspecified atom stereocenters. The van der Waals surface area contributed by atoms with Crippen molar-refractivity contribution in [3.8, 4) is 0 Å². The zero-order valence-electron chi connectivity index (χ0n) is 10.7. The maximum atomic E-state index is 12.5. The lowest BCUT2D eigenvalue weighted by atomic mass is 9.86. The molecular weight excluding hydrogens is 291 g/mol. The molecule has 0 aliphatic heterocycles. The lowest BCUT2D eigenvalue weighted by molar-refractivity contribution is 0.102. The Hall–Kier alpha value is -1.57. The summed E-state index contributed by atoms with van der Waals surface area (Å²) in [6.45, 7) is 0. The third-order valence-electron chi connectivity index (χ3n) is 3.54. The van der Waals surface area contributed by atoms with Gasteiger partial charge in [-0.3, -0.25) is 4.79 Å². The molecule has 0 N–H and O–H groups in total. The summed E-state index contributed by atoms with van der Waals surface area (Å²) in [6, 6.07) is 13.1. The summed E-state index contributed by atoms with van der Waals surface area (Å²) >= 11 is 12.3. The van der Waals surface area contributed by atoms with Crippen molar-refractivity contribution in [1.82, 2.24) is 0 Å². The van der Waals surface area contributed by atoms with E-state index in [1.54, 1.807) is 18.2 Å². The standard InChI is InChI=1S/C17H12Cl2O/c18-15-6-3-7-16(19)14(15)10-12-9-8-11-4-1-2-5-13(11)17(12)20/h1-7,10H,8-9H2/b12-10-. The van der Waals surface area contributed by atoms with E-state index >= 15 is 0 Å². The lowest BCUT2D eigenvalue weighted by Crippen LogP contribution is -2.13. The molecule has 3 rings (SSSR count). The zero-order chi connectivity index (χ0) is 14.1. The molecule has 1 aliphatic carbocycles. The first-order chi connectivity index (χ1) is 9.66. The number of benzene rings is 2. The van der Waals surface area contributed by atoms with Crippen LogP contribution in [0.1, 0.15) is 27.9 Å². The molecule has 0 spiro atoms. The average Bonchev–Trinajstić information content (AvgIpc) is 2.45. The van der Waals surface area contributed by atoms with Crippen LogP contribution in [-0.4, -0.2) is 5.78 Å². The van der Waals surface area contributed by atoms with E-state index < -0.39 is 0 Å². The Morgan fingerprint density at radius 1 is 0.900 bits per heavy atom. The van der Waals surface area contributed by atoms with Crippen LogP contribution in [0.5, 0.6) is 0 Å². The predicted molar refractivity (Wildman–Crippen MR) is 83.5 cm³/mol. The molecule has 0 aromatic heterocycles. The molecule has 20 heavy (non-hydrogen) atoms. The molecule has 1 aliphatic rings. The quantitative estimate of drug-likeness (QED) is 0.661. The van der Waals surface area contributed by atoms with E-state index in [-0.39, 0.29) is 5.78 Å². The van der Waals surface area contributed by atoms with Crippen LogP contribution in [0.4, 0.5) is 0 Å². The number of fused-ring (bicyclic) bond motifs is 1. The number of halogens is 2. The smallest absolute Gasteiger partial charge is 0.189 e. The first-order valence-corrected chi connectivity index (χ1v) is 7.19. The molecule has 0 radical (unpaired) electrons. The predicted octanol–water partition coefficient (Wildman–Crippen LogP) is 5.21. The summed E-state index contributed by atoms with van der Waals surface area (Å²) in [4.78, 5) is 12.5. The van der Waals surface area contributed by atoms with Gasteiger partial charge in [0, 0.05) is 26.7 Å². The average molecular weight is 303 g/mol. The molecule has 0 amide bonds. The van der Waals surface area contributed by atoms with E-state index in [9.17, 15) is 4.79 Å². The van der Waals surface area contributed by atoms with Crippen LogP contribution in [-0.2, 0) is 6.42 Å². The minimum absolute atomic E-state index is 0.0721. The van der Waals surface area contributed by atoms with Crippen molar-refractivity contribution >= 4 is 35.1 Å². The SMILES string of the molecule is O=C1/C(=C\c2c(Cl)cccc2Cl)CCc2ccccc21. The second kappa shape index (κ2) is 5.43. The fourth-order valence-corrected chi connectivity index (χ4v) is 2.98.